The third-order valence-corrected chi connectivity index (χ3v) is 2.56. The Balaban J connectivity index is 2.10. The van der Waals surface area contributed by atoms with E-state index in [0.29, 0.717) is 0 Å². The van der Waals surface area contributed by atoms with Crippen LogP contribution in [0.1, 0.15) is 50.0 Å². The summed E-state index contributed by atoms with van der Waals surface area (Å²) in [6, 6.07) is 0. The molecule has 0 atom stereocenters. The minimum Gasteiger partial charge on any atom is -0.444 e. The first-order valence-corrected chi connectivity index (χ1v) is 5.87. The first-order valence-electron chi connectivity index (χ1n) is 5.87. The van der Waals surface area contributed by atoms with Crippen LogP contribution < -0.4 is 5.32 Å². The van der Waals surface area contributed by atoms with E-state index in [2.05, 4.69) is 17.2 Å². The predicted octanol–water partition coefficient (Wildman–Crippen LogP) is 2.96. The number of aryl methyl sites for hydroxylation is 2. The van der Waals surface area contributed by atoms with E-state index in [1.165, 1.54) is 25.7 Å². The number of unbranched alkanes of at least 4 members (excludes halogenated alkanes) is 3. The Bertz CT molecular complexity index is 262. The molecule has 0 bridgehead atoms. The Morgan fingerprint density at radius 1 is 1.20 bits per heavy atom. The van der Waals surface area contributed by atoms with Crippen LogP contribution in [0.15, 0.2) is 4.42 Å². The number of nitrogens with one attached hydrogen (secondary N) is 1. The van der Waals surface area contributed by atoms with Crippen molar-refractivity contribution in [2.75, 3.05) is 6.54 Å². The molecule has 1 rings (SSSR count). The van der Waals surface area contributed by atoms with Gasteiger partial charge in [-0.15, -0.1) is 0 Å². The van der Waals surface area contributed by atoms with E-state index in [-0.39, 0.29) is 0 Å². The minimum atomic E-state index is 0.751. The maximum absolute atomic E-state index is 5.47. The molecule has 1 aromatic rings. The van der Waals surface area contributed by atoms with E-state index in [4.69, 9.17) is 4.42 Å². The molecule has 0 aliphatic heterocycles. The average molecular weight is 210 g/mol. The molecule has 15 heavy (non-hydrogen) atoms. The Morgan fingerprint density at radius 2 is 2.00 bits per heavy atom. The number of rotatable bonds is 7. The second-order valence-electron chi connectivity index (χ2n) is 3.99. The van der Waals surface area contributed by atoms with Crippen LogP contribution in [0.2, 0.25) is 0 Å². The topological polar surface area (TPSA) is 38.1 Å². The number of oxazole rings is 1. The van der Waals surface area contributed by atoms with Crippen molar-refractivity contribution in [2.45, 2.75) is 53.0 Å². The van der Waals surface area contributed by atoms with Crippen LogP contribution in [0.5, 0.6) is 0 Å². The Labute approximate surface area is 92.3 Å². The summed E-state index contributed by atoms with van der Waals surface area (Å²) in [7, 11) is 0. The third-order valence-electron chi connectivity index (χ3n) is 2.56. The van der Waals surface area contributed by atoms with Crippen molar-refractivity contribution in [1.29, 1.82) is 0 Å². The van der Waals surface area contributed by atoms with Crippen molar-refractivity contribution in [3.05, 3.63) is 17.3 Å². The van der Waals surface area contributed by atoms with Crippen LogP contribution >= 0.6 is 0 Å². The standard InChI is InChI=1S/C12H22N2O/c1-4-5-6-7-8-13-9-12-14-10(2)11(3)15-12/h13H,4-9H2,1-3H3. The van der Waals surface area contributed by atoms with E-state index in [0.717, 1.165) is 30.4 Å². The van der Waals surface area contributed by atoms with Crippen LogP contribution in [0, 0.1) is 13.8 Å². The van der Waals surface area contributed by atoms with Gasteiger partial charge in [-0.25, -0.2) is 4.98 Å². The van der Waals surface area contributed by atoms with Gasteiger partial charge in [-0.2, -0.15) is 0 Å². The molecule has 1 aromatic heterocycles. The van der Waals surface area contributed by atoms with Gasteiger partial charge in [-0.1, -0.05) is 26.2 Å². The molecule has 86 valence electrons. The molecule has 0 amide bonds. The lowest BCUT2D eigenvalue weighted by atomic mass is 10.2. The van der Waals surface area contributed by atoms with E-state index < -0.39 is 0 Å². The van der Waals surface area contributed by atoms with Crippen molar-refractivity contribution < 1.29 is 4.42 Å². The van der Waals surface area contributed by atoms with E-state index in [1.807, 2.05) is 13.8 Å². The molecule has 0 saturated heterocycles. The van der Waals surface area contributed by atoms with Crippen LogP contribution in [-0.4, -0.2) is 11.5 Å². The molecular formula is C12H22N2O. The fourth-order valence-electron chi connectivity index (χ4n) is 1.49. The van der Waals surface area contributed by atoms with E-state index in [9.17, 15) is 0 Å². The van der Waals surface area contributed by atoms with Gasteiger partial charge in [0, 0.05) is 0 Å². The zero-order valence-electron chi connectivity index (χ0n) is 10.1. The molecular weight excluding hydrogens is 188 g/mol. The normalized spacial score (nSPS) is 10.9. The van der Waals surface area contributed by atoms with Gasteiger partial charge in [0.25, 0.3) is 0 Å². The van der Waals surface area contributed by atoms with Gasteiger partial charge in [0.2, 0.25) is 5.89 Å². The quantitative estimate of drug-likeness (QED) is 0.703. The van der Waals surface area contributed by atoms with Crippen LogP contribution in [0.4, 0.5) is 0 Å². The zero-order valence-corrected chi connectivity index (χ0v) is 10.1. The van der Waals surface area contributed by atoms with E-state index in [1.54, 1.807) is 0 Å². The van der Waals surface area contributed by atoms with Crippen molar-refractivity contribution in [1.82, 2.24) is 10.3 Å². The van der Waals surface area contributed by atoms with Crippen molar-refractivity contribution >= 4 is 0 Å². The highest BCUT2D eigenvalue weighted by molar-refractivity contribution is 5.04. The smallest absolute Gasteiger partial charge is 0.208 e. The van der Waals surface area contributed by atoms with Crippen LogP contribution in [-0.2, 0) is 6.54 Å². The maximum Gasteiger partial charge on any atom is 0.208 e. The van der Waals surface area contributed by atoms with Gasteiger partial charge in [-0.3, -0.25) is 0 Å². The molecule has 3 nitrogen and oxygen atoms in total. The van der Waals surface area contributed by atoms with Crippen LogP contribution in [0.25, 0.3) is 0 Å². The lowest BCUT2D eigenvalue weighted by Crippen LogP contribution is -2.14. The molecule has 1 heterocycles. The molecule has 0 saturated carbocycles. The molecule has 0 fully saturated rings. The number of aromatic nitrogens is 1. The largest absolute Gasteiger partial charge is 0.444 e. The molecule has 0 unspecified atom stereocenters. The summed E-state index contributed by atoms with van der Waals surface area (Å²) < 4.78 is 5.47. The summed E-state index contributed by atoms with van der Waals surface area (Å²) in [6.45, 7) is 7.96. The van der Waals surface area contributed by atoms with Gasteiger partial charge >= 0.3 is 0 Å². The predicted molar refractivity (Wildman–Crippen MR) is 61.8 cm³/mol. The molecule has 0 aromatic carbocycles. The van der Waals surface area contributed by atoms with Gasteiger partial charge in [0.15, 0.2) is 0 Å². The van der Waals surface area contributed by atoms with Crippen molar-refractivity contribution in [3.63, 3.8) is 0 Å². The highest BCUT2D eigenvalue weighted by Gasteiger charge is 2.03. The molecule has 0 aliphatic rings. The number of nitrogens with zero attached hydrogens (tertiary/aromatic N) is 1. The summed E-state index contributed by atoms with van der Waals surface area (Å²) in [5.41, 5.74) is 0.998. The summed E-state index contributed by atoms with van der Waals surface area (Å²) >= 11 is 0. The number of hydrogen-bond acceptors (Lipinski definition) is 3. The monoisotopic (exact) mass is 210 g/mol. The molecule has 0 spiro atoms. The Morgan fingerprint density at radius 3 is 2.60 bits per heavy atom. The Hall–Kier alpha value is -0.830. The summed E-state index contributed by atoms with van der Waals surface area (Å²) in [4.78, 5) is 4.32. The molecule has 1 N–H and O–H groups in total. The maximum atomic E-state index is 5.47. The van der Waals surface area contributed by atoms with E-state index >= 15 is 0 Å². The van der Waals surface area contributed by atoms with Crippen LogP contribution in [0.3, 0.4) is 0 Å². The minimum absolute atomic E-state index is 0.751. The highest BCUT2D eigenvalue weighted by Crippen LogP contribution is 2.07. The molecule has 0 aliphatic carbocycles. The molecule has 3 heteroatoms. The SMILES string of the molecule is CCCCCCNCc1nc(C)c(C)o1. The first-order chi connectivity index (χ1) is 7.24. The fraction of sp³-hybridized carbons (Fsp3) is 0.750. The highest BCUT2D eigenvalue weighted by atomic mass is 16.4. The second-order valence-corrected chi connectivity index (χ2v) is 3.99. The zero-order chi connectivity index (χ0) is 11.1. The van der Waals surface area contributed by atoms with Crippen molar-refractivity contribution in [2.24, 2.45) is 0 Å². The van der Waals surface area contributed by atoms with Gasteiger partial charge in [0.1, 0.15) is 5.76 Å². The average Bonchev–Trinajstić information content (AvgIpc) is 2.52. The number of hydrogen-bond donors (Lipinski definition) is 1. The summed E-state index contributed by atoms with van der Waals surface area (Å²) in [5.74, 6) is 1.73. The molecule has 0 radical (unpaired) electrons. The van der Waals surface area contributed by atoms with Gasteiger partial charge < -0.3 is 9.73 Å². The first kappa shape index (κ1) is 12.2. The van der Waals surface area contributed by atoms with Gasteiger partial charge in [-0.05, 0) is 26.8 Å². The summed E-state index contributed by atoms with van der Waals surface area (Å²) in [5, 5.41) is 3.34. The third kappa shape index (κ3) is 4.47. The second kappa shape index (κ2) is 6.62. The fourth-order valence-corrected chi connectivity index (χ4v) is 1.49. The Kier molecular flexibility index (Phi) is 5.40. The van der Waals surface area contributed by atoms with Crippen molar-refractivity contribution in [3.8, 4) is 0 Å². The van der Waals surface area contributed by atoms with Gasteiger partial charge in [0.05, 0.1) is 12.2 Å². The lowest BCUT2D eigenvalue weighted by Gasteiger charge is -2.00. The lowest BCUT2D eigenvalue weighted by molar-refractivity contribution is 0.445. The summed E-state index contributed by atoms with van der Waals surface area (Å²) in [6.07, 6.45) is 5.18.